The second-order valence-corrected chi connectivity index (χ2v) is 6.34. The predicted molar refractivity (Wildman–Crippen MR) is 76.9 cm³/mol. The number of nitrogens with one attached hydrogen (secondary N) is 1. The van der Waals surface area contributed by atoms with Crippen molar-refractivity contribution < 1.29 is 0 Å². The minimum Gasteiger partial charge on any atom is -0.361 e. The number of piperidine rings is 1. The van der Waals surface area contributed by atoms with E-state index in [9.17, 15) is 0 Å². The molecule has 98 valence electrons. The maximum absolute atomic E-state index is 4.63. The van der Waals surface area contributed by atoms with Gasteiger partial charge in [0.05, 0.1) is 6.54 Å². The topological polar surface area (TPSA) is 27.6 Å². The van der Waals surface area contributed by atoms with Crippen LogP contribution in [0.2, 0.25) is 0 Å². The lowest BCUT2D eigenvalue weighted by atomic mass is 10.1. The van der Waals surface area contributed by atoms with Gasteiger partial charge < -0.3 is 10.2 Å². The van der Waals surface area contributed by atoms with Crippen LogP contribution in [-0.2, 0) is 0 Å². The lowest BCUT2D eigenvalue weighted by Crippen LogP contribution is -2.46. The summed E-state index contributed by atoms with van der Waals surface area (Å²) >= 11 is 1.96. The first-order valence-electron chi connectivity index (χ1n) is 7.01. The Bertz CT molecular complexity index is 267. The van der Waals surface area contributed by atoms with Crippen LogP contribution in [0.5, 0.6) is 0 Å². The first kappa shape index (κ1) is 13.2. The van der Waals surface area contributed by atoms with E-state index in [1.54, 1.807) is 0 Å². The summed E-state index contributed by atoms with van der Waals surface area (Å²) in [6, 6.07) is 0.621. The van der Waals surface area contributed by atoms with Crippen LogP contribution in [0, 0.1) is 0 Å². The molecule has 2 unspecified atom stereocenters. The van der Waals surface area contributed by atoms with E-state index in [0.29, 0.717) is 6.04 Å². The van der Waals surface area contributed by atoms with Crippen LogP contribution >= 0.6 is 11.8 Å². The quantitative estimate of drug-likeness (QED) is 0.835. The van der Waals surface area contributed by atoms with E-state index in [0.717, 1.165) is 11.8 Å². The summed E-state index contributed by atoms with van der Waals surface area (Å²) in [5.74, 6) is 0. The molecule has 1 N–H and O–H groups in total. The van der Waals surface area contributed by atoms with E-state index in [-0.39, 0.29) is 0 Å². The molecule has 2 aliphatic rings. The van der Waals surface area contributed by atoms with Gasteiger partial charge in [-0.25, -0.2) is 0 Å². The maximum atomic E-state index is 4.63. The fourth-order valence-electron chi connectivity index (χ4n) is 2.60. The van der Waals surface area contributed by atoms with E-state index < -0.39 is 0 Å². The average Bonchev–Trinajstić information content (AvgIpc) is 2.77. The Kier molecular flexibility index (Phi) is 5.16. The molecule has 0 amide bonds. The van der Waals surface area contributed by atoms with Gasteiger partial charge in [-0.1, -0.05) is 32.0 Å². The van der Waals surface area contributed by atoms with Crippen molar-refractivity contribution in [1.82, 2.24) is 10.2 Å². The summed E-state index contributed by atoms with van der Waals surface area (Å²) in [5, 5.41) is 5.57. The highest BCUT2D eigenvalue weighted by atomic mass is 32.2. The Morgan fingerprint density at radius 1 is 1.47 bits per heavy atom. The molecule has 0 saturated carbocycles. The van der Waals surface area contributed by atoms with Crippen molar-refractivity contribution in [2.75, 3.05) is 26.2 Å². The van der Waals surface area contributed by atoms with Gasteiger partial charge in [-0.2, -0.15) is 0 Å². The summed E-state index contributed by atoms with van der Waals surface area (Å²) in [7, 11) is 0. The molecule has 2 heterocycles. The van der Waals surface area contributed by atoms with Crippen molar-refractivity contribution >= 4 is 16.9 Å². The Labute approximate surface area is 109 Å². The Morgan fingerprint density at radius 2 is 2.35 bits per heavy atom. The maximum Gasteiger partial charge on any atom is 0.157 e. The average molecular weight is 255 g/mol. The number of aliphatic imine (C=N–C) groups is 1. The van der Waals surface area contributed by atoms with Gasteiger partial charge >= 0.3 is 0 Å². The van der Waals surface area contributed by atoms with E-state index in [1.165, 1.54) is 50.5 Å². The summed E-state index contributed by atoms with van der Waals surface area (Å²) in [5.41, 5.74) is 0. The summed E-state index contributed by atoms with van der Waals surface area (Å²) < 4.78 is 0. The number of rotatable bonds is 4. The van der Waals surface area contributed by atoms with Gasteiger partial charge in [-0.3, -0.25) is 4.99 Å². The van der Waals surface area contributed by atoms with Crippen LogP contribution in [0.1, 0.15) is 39.5 Å². The molecule has 2 aliphatic heterocycles. The molecule has 0 bridgehead atoms. The van der Waals surface area contributed by atoms with E-state index in [2.05, 4.69) is 29.1 Å². The molecule has 2 rings (SSSR count). The molecular weight excluding hydrogens is 230 g/mol. The van der Waals surface area contributed by atoms with Gasteiger partial charge in [0.25, 0.3) is 0 Å². The number of hydrogen-bond acceptors (Lipinski definition) is 4. The zero-order valence-electron chi connectivity index (χ0n) is 11.1. The van der Waals surface area contributed by atoms with Gasteiger partial charge in [-0.05, 0) is 32.4 Å². The predicted octanol–water partition coefficient (Wildman–Crippen LogP) is 2.33. The highest BCUT2D eigenvalue weighted by Crippen LogP contribution is 2.24. The van der Waals surface area contributed by atoms with Crippen LogP contribution in [0.3, 0.4) is 0 Å². The molecule has 3 nitrogen and oxygen atoms in total. The molecule has 0 radical (unpaired) electrons. The standard InChI is InChI=1S/C13H25N3S/c1-3-6-12-9-14-13(17-12)15-11-7-5-8-16(4-2)10-11/h11-12H,3-10H2,1-2H3,(H,14,15). The zero-order valence-corrected chi connectivity index (χ0v) is 11.9. The van der Waals surface area contributed by atoms with Gasteiger partial charge in [0.1, 0.15) is 0 Å². The third kappa shape index (κ3) is 3.88. The van der Waals surface area contributed by atoms with Gasteiger partial charge in [-0.15, -0.1) is 0 Å². The van der Waals surface area contributed by atoms with Crippen molar-refractivity contribution in [2.24, 2.45) is 4.99 Å². The Morgan fingerprint density at radius 3 is 3.12 bits per heavy atom. The monoisotopic (exact) mass is 255 g/mol. The van der Waals surface area contributed by atoms with Crippen LogP contribution < -0.4 is 5.32 Å². The van der Waals surface area contributed by atoms with Crippen LogP contribution in [0.4, 0.5) is 0 Å². The number of likely N-dealkylation sites (N-methyl/N-ethyl adjacent to an activating group) is 1. The second kappa shape index (κ2) is 6.64. The fraction of sp³-hybridized carbons (Fsp3) is 0.923. The zero-order chi connectivity index (χ0) is 12.1. The number of hydrogen-bond donors (Lipinski definition) is 1. The van der Waals surface area contributed by atoms with E-state index in [1.807, 2.05) is 11.8 Å². The highest BCUT2D eigenvalue weighted by molar-refractivity contribution is 8.14. The van der Waals surface area contributed by atoms with E-state index >= 15 is 0 Å². The Hall–Kier alpha value is -0.220. The van der Waals surface area contributed by atoms with Crippen molar-refractivity contribution in [3.63, 3.8) is 0 Å². The molecule has 0 aromatic rings. The molecule has 4 heteroatoms. The lowest BCUT2D eigenvalue weighted by Gasteiger charge is -2.32. The van der Waals surface area contributed by atoms with Gasteiger partial charge in [0, 0.05) is 17.8 Å². The van der Waals surface area contributed by atoms with Crippen molar-refractivity contribution in [3.05, 3.63) is 0 Å². The lowest BCUT2D eigenvalue weighted by molar-refractivity contribution is 0.210. The molecule has 1 fully saturated rings. The first-order chi connectivity index (χ1) is 8.31. The fourth-order valence-corrected chi connectivity index (χ4v) is 3.81. The number of amidine groups is 1. The number of likely N-dealkylation sites (tertiary alicyclic amines) is 1. The SMILES string of the molecule is CCCC1CN=C(NC2CCCN(CC)C2)S1. The minimum absolute atomic E-state index is 0.621. The van der Waals surface area contributed by atoms with Crippen LogP contribution in [-0.4, -0.2) is 47.5 Å². The van der Waals surface area contributed by atoms with Crippen LogP contribution in [0.15, 0.2) is 4.99 Å². The van der Waals surface area contributed by atoms with Crippen molar-refractivity contribution in [3.8, 4) is 0 Å². The molecule has 0 aromatic heterocycles. The molecule has 0 aliphatic carbocycles. The largest absolute Gasteiger partial charge is 0.361 e. The number of thioether (sulfide) groups is 1. The normalized spacial score (nSPS) is 30.4. The minimum atomic E-state index is 0.621. The molecule has 2 atom stereocenters. The van der Waals surface area contributed by atoms with Gasteiger partial charge in [0.15, 0.2) is 5.17 Å². The molecule has 0 aromatic carbocycles. The molecular formula is C13H25N3S. The highest BCUT2D eigenvalue weighted by Gasteiger charge is 2.23. The summed E-state index contributed by atoms with van der Waals surface area (Å²) in [6.07, 6.45) is 5.19. The smallest absolute Gasteiger partial charge is 0.157 e. The second-order valence-electron chi connectivity index (χ2n) is 5.05. The van der Waals surface area contributed by atoms with Gasteiger partial charge in [0.2, 0.25) is 0 Å². The van der Waals surface area contributed by atoms with Crippen molar-refractivity contribution in [2.45, 2.75) is 50.8 Å². The number of nitrogens with zero attached hydrogens (tertiary/aromatic N) is 2. The summed E-state index contributed by atoms with van der Waals surface area (Å²) in [4.78, 5) is 7.16. The first-order valence-corrected chi connectivity index (χ1v) is 7.89. The third-order valence-electron chi connectivity index (χ3n) is 3.61. The molecule has 0 spiro atoms. The third-order valence-corrected chi connectivity index (χ3v) is 4.80. The Balaban J connectivity index is 1.74. The summed E-state index contributed by atoms with van der Waals surface area (Å²) in [6.45, 7) is 9.16. The van der Waals surface area contributed by atoms with Crippen LogP contribution in [0.25, 0.3) is 0 Å². The van der Waals surface area contributed by atoms with Crippen molar-refractivity contribution in [1.29, 1.82) is 0 Å². The molecule has 1 saturated heterocycles. The van der Waals surface area contributed by atoms with E-state index in [4.69, 9.17) is 0 Å². The molecule has 17 heavy (non-hydrogen) atoms.